The molecule has 0 spiro atoms. The molecule has 1 aliphatic rings. The summed E-state index contributed by atoms with van der Waals surface area (Å²) in [6, 6.07) is 7.85. The lowest BCUT2D eigenvalue weighted by atomic mass is 10.1. The van der Waals surface area contributed by atoms with Crippen molar-refractivity contribution in [1.82, 2.24) is 0 Å². The van der Waals surface area contributed by atoms with Crippen molar-refractivity contribution in [2.75, 3.05) is 0 Å². The Kier molecular flexibility index (Phi) is 3.24. The highest BCUT2D eigenvalue weighted by atomic mass is 28.4. The molecule has 1 aromatic carbocycles. The zero-order valence-electron chi connectivity index (χ0n) is 11.9. The van der Waals surface area contributed by atoms with Gasteiger partial charge >= 0.3 is 0 Å². The van der Waals surface area contributed by atoms with Gasteiger partial charge in [-0.2, -0.15) is 0 Å². The van der Waals surface area contributed by atoms with Gasteiger partial charge in [0.15, 0.2) is 14.1 Å². The van der Waals surface area contributed by atoms with Crippen molar-refractivity contribution in [2.24, 2.45) is 0 Å². The lowest BCUT2D eigenvalue weighted by Gasteiger charge is -2.38. The fourth-order valence-electron chi connectivity index (χ4n) is 2.03. The minimum absolute atomic E-state index is 0.141. The normalized spacial score (nSPS) is 20.1. The summed E-state index contributed by atoms with van der Waals surface area (Å²) in [5.41, 5.74) is 1.98. The van der Waals surface area contributed by atoms with E-state index in [0.29, 0.717) is 0 Å². The van der Waals surface area contributed by atoms with Crippen molar-refractivity contribution in [3.8, 4) is 0 Å². The summed E-state index contributed by atoms with van der Waals surface area (Å²) in [5.74, 6) is 0.162. The standard InChI is InChI=1S/C15H22O2Si/c1-15(2,3)18(4,5)17-13-10-11-8-6-7-9-12(11)14(13)16/h6-9,13H,10H2,1-5H3. The van der Waals surface area contributed by atoms with Crippen molar-refractivity contribution in [3.05, 3.63) is 35.4 Å². The molecule has 2 rings (SSSR count). The SMILES string of the molecule is CC(C)(C)[Si](C)(C)OC1Cc2ccccc2C1=O. The summed E-state index contributed by atoms with van der Waals surface area (Å²) in [6.45, 7) is 11.0. The third-order valence-corrected chi connectivity index (χ3v) is 8.71. The molecule has 0 N–H and O–H groups in total. The molecule has 0 heterocycles. The maximum Gasteiger partial charge on any atom is 0.193 e. The zero-order chi connectivity index (χ0) is 13.6. The molecule has 0 fully saturated rings. The van der Waals surface area contributed by atoms with Crippen molar-refractivity contribution in [1.29, 1.82) is 0 Å². The van der Waals surface area contributed by atoms with Gasteiger partial charge in [-0.15, -0.1) is 0 Å². The van der Waals surface area contributed by atoms with Crippen LogP contribution in [0, 0.1) is 0 Å². The van der Waals surface area contributed by atoms with Crippen molar-refractivity contribution in [2.45, 2.75) is 51.4 Å². The molecular weight excluding hydrogens is 240 g/mol. The number of benzene rings is 1. The second kappa shape index (κ2) is 4.32. The van der Waals surface area contributed by atoms with E-state index in [-0.39, 0.29) is 16.9 Å². The van der Waals surface area contributed by atoms with Crippen LogP contribution in [0.2, 0.25) is 18.1 Å². The van der Waals surface area contributed by atoms with E-state index in [1.54, 1.807) is 0 Å². The minimum atomic E-state index is -1.87. The summed E-state index contributed by atoms with van der Waals surface area (Å²) in [7, 11) is -1.87. The number of carbonyl (C=O) groups excluding carboxylic acids is 1. The van der Waals surface area contributed by atoms with E-state index in [0.717, 1.165) is 17.5 Å². The molecule has 0 radical (unpaired) electrons. The van der Waals surface area contributed by atoms with Crippen LogP contribution in [0.15, 0.2) is 24.3 Å². The maximum absolute atomic E-state index is 12.3. The Bertz CT molecular complexity index is 472. The average molecular weight is 262 g/mol. The van der Waals surface area contributed by atoms with Crippen LogP contribution in [0.5, 0.6) is 0 Å². The maximum atomic E-state index is 12.3. The number of Topliss-reactive ketones (excluding diaryl/α,β-unsaturated/α-hetero) is 1. The number of hydrogen-bond donors (Lipinski definition) is 0. The molecule has 3 heteroatoms. The van der Waals surface area contributed by atoms with Gasteiger partial charge in [0.05, 0.1) is 0 Å². The molecule has 0 bridgehead atoms. The summed E-state index contributed by atoms with van der Waals surface area (Å²) >= 11 is 0. The Morgan fingerprint density at radius 3 is 2.39 bits per heavy atom. The minimum Gasteiger partial charge on any atom is -0.406 e. The van der Waals surface area contributed by atoms with Gasteiger partial charge in [-0.3, -0.25) is 4.79 Å². The highest BCUT2D eigenvalue weighted by molar-refractivity contribution is 6.74. The van der Waals surface area contributed by atoms with Crippen molar-refractivity contribution >= 4 is 14.1 Å². The first kappa shape index (κ1) is 13.5. The van der Waals surface area contributed by atoms with E-state index in [9.17, 15) is 4.79 Å². The second-order valence-electron chi connectivity index (χ2n) is 6.59. The highest BCUT2D eigenvalue weighted by Crippen LogP contribution is 2.39. The quantitative estimate of drug-likeness (QED) is 0.757. The monoisotopic (exact) mass is 262 g/mol. The third kappa shape index (κ3) is 2.29. The number of carbonyl (C=O) groups is 1. The molecular formula is C15H22O2Si. The van der Waals surface area contributed by atoms with Crippen LogP contribution in [-0.2, 0) is 10.8 Å². The molecule has 1 aromatic rings. The van der Waals surface area contributed by atoms with Gasteiger partial charge in [-0.25, -0.2) is 0 Å². The fourth-order valence-corrected chi connectivity index (χ4v) is 3.29. The predicted molar refractivity (Wildman–Crippen MR) is 76.5 cm³/mol. The zero-order valence-corrected chi connectivity index (χ0v) is 12.9. The van der Waals surface area contributed by atoms with Crippen LogP contribution in [0.3, 0.4) is 0 Å². The lowest BCUT2D eigenvalue weighted by Crippen LogP contribution is -2.45. The lowest BCUT2D eigenvalue weighted by molar-refractivity contribution is 0.0798. The summed E-state index contributed by atoms with van der Waals surface area (Å²) in [5, 5.41) is 0.141. The van der Waals surface area contributed by atoms with E-state index in [1.807, 2.05) is 24.3 Å². The molecule has 0 amide bonds. The first-order valence-electron chi connectivity index (χ1n) is 6.52. The molecule has 1 unspecified atom stereocenters. The molecule has 18 heavy (non-hydrogen) atoms. The molecule has 1 atom stereocenters. The number of ketones is 1. The molecule has 0 saturated heterocycles. The number of rotatable bonds is 2. The number of hydrogen-bond acceptors (Lipinski definition) is 2. The fraction of sp³-hybridized carbons (Fsp3) is 0.533. The van der Waals surface area contributed by atoms with Gasteiger partial charge in [-0.1, -0.05) is 45.0 Å². The topological polar surface area (TPSA) is 26.3 Å². The van der Waals surface area contributed by atoms with Gasteiger partial charge < -0.3 is 4.43 Å². The Hall–Kier alpha value is -0.933. The van der Waals surface area contributed by atoms with Crippen LogP contribution < -0.4 is 0 Å². The molecule has 1 aliphatic carbocycles. The number of fused-ring (bicyclic) bond motifs is 1. The first-order chi connectivity index (χ1) is 8.22. The first-order valence-corrected chi connectivity index (χ1v) is 9.43. The Labute approximate surface area is 110 Å². The van der Waals surface area contributed by atoms with Gasteiger partial charge in [0.1, 0.15) is 6.10 Å². The third-order valence-electron chi connectivity index (χ3n) is 4.22. The van der Waals surface area contributed by atoms with E-state index in [4.69, 9.17) is 4.43 Å². The molecule has 98 valence electrons. The average Bonchev–Trinajstić information content (AvgIpc) is 2.54. The molecule has 0 aliphatic heterocycles. The summed E-state index contributed by atoms with van der Waals surface area (Å²) in [6.07, 6.45) is 0.477. The Morgan fingerprint density at radius 2 is 1.83 bits per heavy atom. The highest BCUT2D eigenvalue weighted by Gasteiger charge is 2.42. The predicted octanol–water partition coefficient (Wildman–Crippen LogP) is 3.82. The van der Waals surface area contributed by atoms with Crippen LogP contribution in [0.25, 0.3) is 0 Å². The van der Waals surface area contributed by atoms with Crippen molar-refractivity contribution in [3.63, 3.8) is 0 Å². The summed E-state index contributed by atoms with van der Waals surface area (Å²) < 4.78 is 6.25. The van der Waals surface area contributed by atoms with E-state index >= 15 is 0 Å². The molecule has 0 aromatic heterocycles. The van der Waals surface area contributed by atoms with Crippen LogP contribution in [0.4, 0.5) is 0 Å². The largest absolute Gasteiger partial charge is 0.406 e. The second-order valence-corrected chi connectivity index (χ2v) is 11.3. The smallest absolute Gasteiger partial charge is 0.193 e. The van der Waals surface area contributed by atoms with Gasteiger partial charge in [0.25, 0.3) is 0 Å². The van der Waals surface area contributed by atoms with Crippen LogP contribution in [0.1, 0.15) is 36.7 Å². The van der Waals surface area contributed by atoms with E-state index < -0.39 is 8.32 Å². The van der Waals surface area contributed by atoms with Gasteiger partial charge in [0, 0.05) is 12.0 Å². The van der Waals surface area contributed by atoms with Gasteiger partial charge in [-0.05, 0) is 23.7 Å². The van der Waals surface area contributed by atoms with Crippen LogP contribution in [-0.4, -0.2) is 20.2 Å². The van der Waals surface area contributed by atoms with E-state index in [2.05, 4.69) is 33.9 Å². The van der Waals surface area contributed by atoms with Crippen molar-refractivity contribution < 1.29 is 9.22 Å². The summed E-state index contributed by atoms with van der Waals surface area (Å²) in [4.78, 5) is 12.3. The van der Waals surface area contributed by atoms with E-state index in [1.165, 1.54) is 0 Å². The van der Waals surface area contributed by atoms with Gasteiger partial charge in [0.2, 0.25) is 0 Å². The van der Waals surface area contributed by atoms with Crippen LogP contribution >= 0.6 is 0 Å². The Balaban J connectivity index is 2.18. The molecule has 2 nitrogen and oxygen atoms in total. The Morgan fingerprint density at radius 1 is 1.22 bits per heavy atom. The molecule has 0 saturated carbocycles.